The van der Waals surface area contributed by atoms with Gasteiger partial charge in [0.15, 0.2) is 0 Å². The number of aliphatic hydroxyl groups excluding tert-OH is 1. The van der Waals surface area contributed by atoms with Crippen LogP contribution in [0.25, 0.3) is 0 Å². The van der Waals surface area contributed by atoms with E-state index < -0.39 is 12.1 Å². The van der Waals surface area contributed by atoms with Gasteiger partial charge in [0, 0.05) is 44.1 Å². The van der Waals surface area contributed by atoms with Crippen molar-refractivity contribution in [2.45, 2.75) is 44.9 Å². The summed E-state index contributed by atoms with van der Waals surface area (Å²) in [5, 5.41) is 13.0. The maximum atomic E-state index is 12.4. The van der Waals surface area contributed by atoms with Crippen LogP contribution in [0.4, 0.5) is 0 Å². The molecule has 3 rings (SSSR count). The number of hydrogen-bond donors (Lipinski definition) is 3. The molecule has 2 atom stereocenters. The molecule has 1 saturated heterocycles. The molecule has 2 aromatic heterocycles. The van der Waals surface area contributed by atoms with Crippen LogP contribution in [0.3, 0.4) is 0 Å². The summed E-state index contributed by atoms with van der Waals surface area (Å²) in [6.45, 7) is 3.12. The molecule has 9 heteroatoms. The second-order valence-electron chi connectivity index (χ2n) is 6.60. The number of H-pyrrole nitrogens is 1. The van der Waals surface area contributed by atoms with Crippen LogP contribution >= 0.6 is 0 Å². The minimum absolute atomic E-state index is 0.101. The number of β-amino-alcohol motifs (C(OH)–C–C–N with tert-alkyl or cyclic N) is 1. The third-order valence-corrected chi connectivity index (χ3v) is 4.62. The van der Waals surface area contributed by atoms with Gasteiger partial charge >= 0.3 is 0 Å². The lowest BCUT2D eigenvalue weighted by atomic mass is 10.2. The topological polar surface area (TPSA) is 116 Å². The number of imidazole rings is 2. The molecule has 2 amide bonds. The Balaban J connectivity index is 1.43. The monoisotopic (exact) mass is 360 g/mol. The number of rotatable bonds is 7. The molecule has 9 nitrogen and oxygen atoms in total. The molecule has 0 unspecified atom stereocenters. The predicted octanol–water partition coefficient (Wildman–Crippen LogP) is -0.375. The van der Waals surface area contributed by atoms with Gasteiger partial charge in [0.25, 0.3) is 0 Å². The van der Waals surface area contributed by atoms with Crippen molar-refractivity contribution in [1.29, 1.82) is 0 Å². The highest BCUT2D eigenvalue weighted by Crippen LogP contribution is 2.13. The van der Waals surface area contributed by atoms with Crippen molar-refractivity contribution in [3.05, 3.63) is 36.4 Å². The molecule has 2 aromatic rings. The summed E-state index contributed by atoms with van der Waals surface area (Å²) >= 11 is 0. The molecule has 140 valence electrons. The highest BCUT2D eigenvalue weighted by molar-refractivity contribution is 5.80. The molecule has 0 saturated carbocycles. The van der Waals surface area contributed by atoms with Gasteiger partial charge in [-0.25, -0.2) is 9.97 Å². The first-order valence-electron chi connectivity index (χ1n) is 8.72. The van der Waals surface area contributed by atoms with Gasteiger partial charge in [0.2, 0.25) is 11.8 Å². The van der Waals surface area contributed by atoms with Crippen molar-refractivity contribution in [2.24, 2.45) is 0 Å². The first-order valence-corrected chi connectivity index (χ1v) is 8.72. The molecular formula is C17H24N6O3. The minimum Gasteiger partial charge on any atom is -0.389 e. The van der Waals surface area contributed by atoms with E-state index in [1.54, 1.807) is 23.8 Å². The molecule has 1 aliphatic heterocycles. The summed E-state index contributed by atoms with van der Waals surface area (Å²) in [5.74, 6) is -0.220. The summed E-state index contributed by atoms with van der Waals surface area (Å²) in [4.78, 5) is 37.1. The SMILES string of the molecule is Cc1[nH]cnc1CC(=O)N1C[C@@H](O)[C@H](NC(=O)CCCn2ccnc2)C1. The predicted molar refractivity (Wildman–Crippen MR) is 93.0 cm³/mol. The summed E-state index contributed by atoms with van der Waals surface area (Å²) in [6, 6.07) is -0.431. The van der Waals surface area contributed by atoms with Gasteiger partial charge in [0.05, 0.1) is 36.9 Å². The van der Waals surface area contributed by atoms with Crippen LogP contribution in [-0.2, 0) is 22.6 Å². The number of aromatic nitrogens is 4. The van der Waals surface area contributed by atoms with E-state index >= 15 is 0 Å². The zero-order chi connectivity index (χ0) is 18.5. The molecule has 26 heavy (non-hydrogen) atoms. The van der Waals surface area contributed by atoms with Crippen molar-refractivity contribution in [1.82, 2.24) is 29.7 Å². The van der Waals surface area contributed by atoms with E-state index in [0.717, 1.165) is 5.69 Å². The Hall–Kier alpha value is -2.68. The number of nitrogens with one attached hydrogen (secondary N) is 2. The highest BCUT2D eigenvalue weighted by Gasteiger charge is 2.34. The third kappa shape index (κ3) is 4.48. The zero-order valence-electron chi connectivity index (χ0n) is 14.8. The van der Waals surface area contributed by atoms with Crippen LogP contribution < -0.4 is 5.32 Å². The number of aliphatic hydroxyl groups is 1. The Bertz CT molecular complexity index is 742. The number of likely N-dealkylation sites (tertiary alicyclic amines) is 1. The van der Waals surface area contributed by atoms with E-state index in [1.807, 2.05) is 17.7 Å². The van der Waals surface area contributed by atoms with Gasteiger partial charge in [-0.05, 0) is 13.3 Å². The van der Waals surface area contributed by atoms with E-state index in [4.69, 9.17) is 0 Å². The van der Waals surface area contributed by atoms with Crippen LogP contribution in [0.2, 0.25) is 0 Å². The summed E-state index contributed by atoms with van der Waals surface area (Å²) in [5.41, 5.74) is 1.57. The van der Waals surface area contributed by atoms with Crippen molar-refractivity contribution in [2.75, 3.05) is 13.1 Å². The van der Waals surface area contributed by atoms with Gasteiger partial charge in [-0.3, -0.25) is 9.59 Å². The first-order chi connectivity index (χ1) is 12.5. The maximum Gasteiger partial charge on any atom is 0.228 e. The average molecular weight is 360 g/mol. The Morgan fingerprint density at radius 2 is 2.27 bits per heavy atom. The van der Waals surface area contributed by atoms with Crippen molar-refractivity contribution in [3.8, 4) is 0 Å². The standard InChI is InChI=1S/C17H24N6O3/c1-12-13(20-10-19-12)7-17(26)23-8-14(15(24)9-23)21-16(25)3-2-5-22-6-4-18-11-22/h4,6,10-11,14-15,24H,2-3,5,7-9H2,1H3,(H,19,20)(H,21,25)/t14-,15-/m1/s1. The lowest BCUT2D eigenvalue weighted by Crippen LogP contribution is -2.43. The van der Waals surface area contributed by atoms with Crippen LogP contribution in [0.5, 0.6) is 0 Å². The Kier molecular flexibility index (Phi) is 5.67. The van der Waals surface area contributed by atoms with Crippen LogP contribution in [-0.4, -0.2) is 66.6 Å². The molecule has 0 radical (unpaired) electrons. The van der Waals surface area contributed by atoms with E-state index in [1.165, 1.54) is 0 Å². The van der Waals surface area contributed by atoms with Gasteiger partial charge in [-0.15, -0.1) is 0 Å². The molecule has 0 bridgehead atoms. The van der Waals surface area contributed by atoms with Gasteiger partial charge in [-0.1, -0.05) is 0 Å². The third-order valence-electron chi connectivity index (χ3n) is 4.62. The fourth-order valence-corrected chi connectivity index (χ4v) is 3.07. The fourth-order valence-electron chi connectivity index (χ4n) is 3.07. The van der Waals surface area contributed by atoms with E-state index in [9.17, 15) is 14.7 Å². The Morgan fingerprint density at radius 3 is 2.96 bits per heavy atom. The maximum absolute atomic E-state index is 12.4. The number of aryl methyl sites for hydroxylation is 2. The van der Waals surface area contributed by atoms with E-state index in [2.05, 4.69) is 20.3 Å². The second-order valence-corrected chi connectivity index (χ2v) is 6.60. The van der Waals surface area contributed by atoms with Crippen molar-refractivity contribution in [3.63, 3.8) is 0 Å². The van der Waals surface area contributed by atoms with Crippen LogP contribution in [0.15, 0.2) is 25.0 Å². The lowest BCUT2D eigenvalue weighted by Gasteiger charge is -2.17. The van der Waals surface area contributed by atoms with Gasteiger partial charge < -0.3 is 24.9 Å². The van der Waals surface area contributed by atoms with Crippen LogP contribution in [0.1, 0.15) is 24.2 Å². The number of carbonyl (C=O) groups excluding carboxylic acids is 2. The molecule has 0 spiro atoms. The Labute approximate surface area is 151 Å². The number of amides is 2. The summed E-state index contributed by atoms with van der Waals surface area (Å²) in [7, 11) is 0. The largest absolute Gasteiger partial charge is 0.389 e. The number of aromatic amines is 1. The number of carbonyl (C=O) groups is 2. The van der Waals surface area contributed by atoms with E-state index in [0.29, 0.717) is 31.6 Å². The van der Waals surface area contributed by atoms with Crippen LogP contribution in [0, 0.1) is 6.92 Å². The van der Waals surface area contributed by atoms with Crippen molar-refractivity contribution < 1.29 is 14.7 Å². The Morgan fingerprint density at radius 1 is 1.42 bits per heavy atom. The van der Waals surface area contributed by atoms with Gasteiger partial charge in [-0.2, -0.15) is 0 Å². The minimum atomic E-state index is -0.753. The number of hydrogen-bond acceptors (Lipinski definition) is 5. The normalized spacial score (nSPS) is 19.7. The molecule has 0 aliphatic carbocycles. The quantitative estimate of drug-likeness (QED) is 0.623. The summed E-state index contributed by atoms with van der Waals surface area (Å²) in [6.07, 6.45) is 7.31. The molecule has 3 N–H and O–H groups in total. The molecular weight excluding hydrogens is 336 g/mol. The molecule has 1 aliphatic rings. The fraction of sp³-hybridized carbons (Fsp3) is 0.529. The molecule has 0 aromatic carbocycles. The second kappa shape index (κ2) is 8.13. The van der Waals surface area contributed by atoms with Crippen molar-refractivity contribution >= 4 is 11.8 Å². The molecule has 1 fully saturated rings. The first kappa shape index (κ1) is 18.1. The van der Waals surface area contributed by atoms with Gasteiger partial charge in [0.1, 0.15) is 0 Å². The highest BCUT2D eigenvalue weighted by atomic mass is 16.3. The summed E-state index contributed by atoms with van der Waals surface area (Å²) < 4.78 is 1.91. The average Bonchev–Trinajstić information content (AvgIpc) is 3.32. The molecule has 3 heterocycles. The zero-order valence-corrected chi connectivity index (χ0v) is 14.8. The lowest BCUT2D eigenvalue weighted by molar-refractivity contribution is -0.130. The smallest absolute Gasteiger partial charge is 0.228 e. The number of nitrogens with zero attached hydrogens (tertiary/aromatic N) is 4. The van der Waals surface area contributed by atoms with E-state index in [-0.39, 0.29) is 24.8 Å².